The quantitative estimate of drug-likeness (QED) is 0.418. The van der Waals surface area contributed by atoms with Crippen LogP contribution in [0.5, 0.6) is 0 Å². The zero-order valence-corrected chi connectivity index (χ0v) is 18.7. The Morgan fingerprint density at radius 1 is 1.17 bits per heavy atom. The van der Waals surface area contributed by atoms with Gasteiger partial charge in [-0.15, -0.1) is 0 Å². The SMILES string of the molecule is Cc1ccc(N)c(CNc2nc(NCC(C)C(C)(C)O)nc3c2ncn3C(C)C)c1. The molecule has 1 aromatic carbocycles. The van der Waals surface area contributed by atoms with Gasteiger partial charge in [0.2, 0.25) is 5.95 Å². The number of nitrogens with two attached hydrogens (primary N) is 1. The number of aromatic nitrogens is 4. The summed E-state index contributed by atoms with van der Waals surface area (Å²) in [6, 6.07) is 6.20. The summed E-state index contributed by atoms with van der Waals surface area (Å²) in [6.45, 7) is 12.9. The number of nitrogen functional groups attached to an aromatic ring is 1. The van der Waals surface area contributed by atoms with E-state index in [9.17, 15) is 5.11 Å². The third-order valence-corrected chi connectivity index (χ3v) is 5.49. The first-order valence-electron chi connectivity index (χ1n) is 10.4. The standard InChI is InChI=1S/C22H33N7O/c1-13(2)29-12-26-18-19(24-11-16-9-14(3)7-8-17(16)23)27-21(28-20(18)29)25-10-15(4)22(5,6)30/h7-9,12-13,15,30H,10-11,23H2,1-6H3,(H2,24,25,27,28). The van der Waals surface area contributed by atoms with E-state index in [2.05, 4.69) is 45.5 Å². The summed E-state index contributed by atoms with van der Waals surface area (Å²) in [6.07, 6.45) is 1.79. The molecule has 1 atom stereocenters. The number of aliphatic hydroxyl groups is 1. The van der Waals surface area contributed by atoms with E-state index >= 15 is 0 Å². The van der Waals surface area contributed by atoms with Gasteiger partial charge in [0, 0.05) is 30.7 Å². The highest BCUT2D eigenvalue weighted by molar-refractivity contribution is 5.84. The number of nitrogens with one attached hydrogen (secondary N) is 2. The molecule has 2 aromatic heterocycles. The van der Waals surface area contributed by atoms with Crippen LogP contribution in [0.3, 0.4) is 0 Å². The molecule has 0 saturated carbocycles. The number of nitrogens with zero attached hydrogens (tertiary/aromatic N) is 4. The van der Waals surface area contributed by atoms with Crippen molar-refractivity contribution in [2.24, 2.45) is 5.92 Å². The average Bonchev–Trinajstić information content (AvgIpc) is 3.10. The van der Waals surface area contributed by atoms with E-state index in [1.165, 1.54) is 0 Å². The summed E-state index contributed by atoms with van der Waals surface area (Å²) in [4.78, 5) is 13.9. The average molecular weight is 412 g/mol. The van der Waals surface area contributed by atoms with Crippen LogP contribution in [0.4, 0.5) is 17.5 Å². The molecule has 8 nitrogen and oxygen atoms in total. The van der Waals surface area contributed by atoms with Gasteiger partial charge in [0.15, 0.2) is 17.0 Å². The Balaban J connectivity index is 1.92. The second-order valence-corrected chi connectivity index (χ2v) is 8.81. The molecular formula is C22H33N7O. The molecule has 3 aromatic rings. The first-order valence-corrected chi connectivity index (χ1v) is 10.4. The third kappa shape index (κ3) is 4.81. The van der Waals surface area contributed by atoms with Crippen molar-refractivity contribution in [3.63, 3.8) is 0 Å². The van der Waals surface area contributed by atoms with Crippen LogP contribution in [0.1, 0.15) is 51.8 Å². The monoisotopic (exact) mass is 411 g/mol. The molecule has 8 heteroatoms. The molecule has 0 aliphatic heterocycles. The number of anilines is 3. The molecule has 2 heterocycles. The Morgan fingerprint density at radius 3 is 2.57 bits per heavy atom. The van der Waals surface area contributed by atoms with Crippen molar-refractivity contribution in [2.75, 3.05) is 22.9 Å². The largest absolute Gasteiger partial charge is 0.398 e. The van der Waals surface area contributed by atoms with Crippen LogP contribution in [0.2, 0.25) is 0 Å². The third-order valence-electron chi connectivity index (χ3n) is 5.49. The Morgan fingerprint density at radius 2 is 1.90 bits per heavy atom. The first kappa shape index (κ1) is 21.8. The van der Waals surface area contributed by atoms with Crippen LogP contribution in [0, 0.1) is 12.8 Å². The summed E-state index contributed by atoms with van der Waals surface area (Å²) in [5, 5.41) is 16.9. The lowest BCUT2D eigenvalue weighted by molar-refractivity contribution is 0.0303. The van der Waals surface area contributed by atoms with Gasteiger partial charge < -0.3 is 26.0 Å². The number of hydrogen-bond acceptors (Lipinski definition) is 7. The minimum Gasteiger partial charge on any atom is -0.398 e. The van der Waals surface area contributed by atoms with Crippen LogP contribution in [-0.4, -0.2) is 36.8 Å². The first-order chi connectivity index (χ1) is 14.1. The lowest BCUT2D eigenvalue weighted by Crippen LogP contribution is -2.33. The molecule has 0 radical (unpaired) electrons. The van der Waals surface area contributed by atoms with Crippen molar-refractivity contribution in [2.45, 2.75) is 59.7 Å². The molecule has 0 aliphatic carbocycles. The summed E-state index contributed by atoms with van der Waals surface area (Å²) < 4.78 is 2.02. The smallest absolute Gasteiger partial charge is 0.226 e. The van der Waals surface area contributed by atoms with Crippen LogP contribution >= 0.6 is 0 Å². The van der Waals surface area contributed by atoms with Gasteiger partial charge >= 0.3 is 0 Å². The maximum absolute atomic E-state index is 10.2. The van der Waals surface area contributed by atoms with Gasteiger partial charge in [0.25, 0.3) is 0 Å². The van der Waals surface area contributed by atoms with Crippen LogP contribution in [0.15, 0.2) is 24.5 Å². The molecule has 30 heavy (non-hydrogen) atoms. The zero-order valence-electron chi connectivity index (χ0n) is 18.7. The van der Waals surface area contributed by atoms with E-state index in [0.717, 1.165) is 28.0 Å². The van der Waals surface area contributed by atoms with Crippen molar-refractivity contribution >= 4 is 28.6 Å². The van der Waals surface area contributed by atoms with Crippen LogP contribution in [-0.2, 0) is 6.54 Å². The van der Waals surface area contributed by atoms with Crippen molar-refractivity contribution < 1.29 is 5.11 Å². The van der Waals surface area contributed by atoms with Gasteiger partial charge in [0.05, 0.1) is 11.9 Å². The molecule has 0 aliphatic rings. The van der Waals surface area contributed by atoms with E-state index in [-0.39, 0.29) is 12.0 Å². The normalized spacial score (nSPS) is 13.1. The van der Waals surface area contributed by atoms with Gasteiger partial charge in [-0.25, -0.2) is 4.98 Å². The summed E-state index contributed by atoms with van der Waals surface area (Å²) in [5.74, 6) is 1.18. The van der Waals surface area contributed by atoms with Crippen molar-refractivity contribution in [3.8, 4) is 0 Å². The maximum atomic E-state index is 10.2. The highest BCUT2D eigenvalue weighted by Gasteiger charge is 2.23. The van der Waals surface area contributed by atoms with Crippen molar-refractivity contribution in [1.29, 1.82) is 0 Å². The van der Waals surface area contributed by atoms with Crippen LogP contribution < -0.4 is 16.4 Å². The van der Waals surface area contributed by atoms with E-state index in [4.69, 9.17) is 5.73 Å². The maximum Gasteiger partial charge on any atom is 0.226 e. The molecule has 1 unspecified atom stereocenters. The predicted molar refractivity (Wildman–Crippen MR) is 123 cm³/mol. The fourth-order valence-electron chi connectivity index (χ4n) is 3.06. The number of fused-ring (bicyclic) bond motifs is 1. The van der Waals surface area contributed by atoms with E-state index in [1.807, 2.05) is 30.5 Å². The fourth-order valence-corrected chi connectivity index (χ4v) is 3.06. The molecule has 0 bridgehead atoms. The second-order valence-electron chi connectivity index (χ2n) is 8.81. The minimum absolute atomic E-state index is 0.0234. The predicted octanol–water partition coefficient (Wildman–Crippen LogP) is 3.73. The molecule has 162 valence electrons. The highest BCUT2D eigenvalue weighted by atomic mass is 16.3. The molecule has 0 saturated heterocycles. The topological polar surface area (TPSA) is 114 Å². The van der Waals surface area contributed by atoms with Gasteiger partial charge in [-0.2, -0.15) is 9.97 Å². The highest BCUT2D eigenvalue weighted by Crippen LogP contribution is 2.25. The Hall–Kier alpha value is -2.87. The molecule has 0 amide bonds. The van der Waals surface area contributed by atoms with Crippen molar-refractivity contribution in [3.05, 3.63) is 35.7 Å². The molecule has 0 fully saturated rings. The second kappa shape index (κ2) is 8.47. The van der Waals surface area contributed by atoms with E-state index in [1.54, 1.807) is 20.2 Å². The molecular weight excluding hydrogens is 378 g/mol. The van der Waals surface area contributed by atoms with Gasteiger partial charge in [-0.05, 0) is 46.2 Å². The van der Waals surface area contributed by atoms with Gasteiger partial charge in [-0.1, -0.05) is 24.6 Å². The number of rotatable bonds is 8. The summed E-state index contributed by atoms with van der Waals surface area (Å²) >= 11 is 0. The van der Waals surface area contributed by atoms with E-state index < -0.39 is 5.60 Å². The molecule has 0 spiro atoms. The summed E-state index contributed by atoms with van der Waals surface area (Å²) in [7, 11) is 0. The number of hydrogen-bond donors (Lipinski definition) is 4. The Kier molecular flexibility index (Phi) is 6.17. The Bertz CT molecular complexity index is 1020. The van der Waals surface area contributed by atoms with Gasteiger partial charge in [-0.3, -0.25) is 0 Å². The number of benzene rings is 1. The molecule has 5 N–H and O–H groups in total. The fraction of sp³-hybridized carbons (Fsp3) is 0.500. The van der Waals surface area contributed by atoms with Crippen LogP contribution in [0.25, 0.3) is 11.2 Å². The van der Waals surface area contributed by atoms with E-state index in [0.29, 0.717) is 24.9 Å². The lowest BCUT2D eigenvalue weighted by atomic mass is 9.93. The summed E-state index contributed by atoms with van der Waals surface area (Å²) in [5.41, 5.74) is 9.73. The molecule has 3 rings (SSSR count). The van der Waals surface area contributed by atoms with Crippen molar-refractivity contribution in [1.82, 2.24) is 19.5 Å². The minimum atomic E-state index is -0.791. The number of aryl methyl sites for hydroxylation is 1. The number of imidazole rings is 1. The Labute approximate surface area is 177 Å². The van der Waals surface area contributed by atoms with Gasteiger partial charge in [0.1, 0.15) is 0 Å². The zero-order chi connectivity index (χ0) is 22.1. The lowest BCUT2D eigenvalue weighted by Gasteiger charge is -2.26.